The Balaban J connectivity index is 1.90. The lowest BCUT2D eigenvalue weighted by atomic mass is 10.0. The van der Waals surface area contributed by atoms with Crippen molar-refractivity contribution in [2.24, 2.45) is 10.7 Å². The summed E-state index contributed by atoms with van der Waals surface area (Å²) in [6.07, 6.45) is 1.92. The van der Waals surface area contributed by atoms with Crippen LogP contribution in [0, 0.1) is 0 Å². The Kier molecular flexibility index (Phi) is 3.91. The van der Waals surface area contributed by atoms with Gasteiger partial charge in [0.15, 0.2) is 5.17 Å². The van der Waals surface area contributed by atoms with Crippen molar-refractivity contribution in [2.75, 3.05) is 13.2 Å². The molecule has 2 aliphatic heterocycles. The summed E-state index contributed by atoms with van der Waals surface area (Å²) in [5, 5.41) is 0.129. The van der Waals surface area contributed by atoms with Crippen LogP contribution in [0.2, 0.25) is 0 Å². The molecule has 1 amide bonds. The first-order valence-corrected chi connectivity index (χ1v) is 6.76. The van der Waals surface area contributed by atoms with Crippen molar-refractivity contribution in [3.8, 4) is 0 Å². The topological polar surface area (TPSA) is 91.0 Å². The fourth-order valence-electron chi connectivity index (χ4n) is 1.94. The van der Waals surface area contributed by atoms with Gasteiger partial charge in [0.05, 0.1) is 6.61 Å². The molecule has 1 spiro atoms. The SMILES string of the molecule is CCCCOC[C@@H]1C[C@]2(SC(N)=NC2=O)C(=O)O1. The van der Waals surface area contributed by atoms with E-state index in [0.717, 1.165) is 24.6 Å². The van der Waals surface area contributed by atoms with Crippen molar-refractivity contribution >= 4 is 28.8 Å². The van der Waals surface area contributed by atoms with Crippen molar-refractivity contribution in [2.45, 2.75) is 37.0 Å². The van der Waals surface area contributed by atoms with Gasteiger partial charge in [0.2, 0.25) is 4.75 Å². The van der Waals surface area contributed by atoms with E-state index < -0.39 is 16.6 Å². The normalized spacial score (nSPS) is 30.9. The van der Waals surface area contributed by atoms with Crippen LogP contribution >= 0.6 is 11.8 Å². The molecule has 0 radical (unpaired) electrons. The van der Waals surface area contributed by atoms with Gasteiger partial charge in [0.1, 0.15) is 6.10 Å². The van der Waals surface area contributed by atoms with Gasteiger partial charge in [-0.15, -0.1) is 0 Å². The Bertz CT molecular complexity index is 399. The van der Waals surface area contributed by atoms with E-state index in [1.807, 2.05) is 0 Å². The number of ether oxygens (including phenoxy) is 2. The molecule has 2 rings (SSSR count). The zero-order valence-electron chi connectivity index (χ0n) is 10.2. The summed E-state index contributed by atoms with van der Waals surface area (Å²) in [7, 11) is 0. The first-order chi connectivity index (χ1) is 8.58. The van der Waals surface area contributed by atoms with Crippen molar-refractivity contribution in [3.63, 3.8) is 0 Å². The van der Waals surface area contributed by atoms with Crippen LogP contribution in [0.1, 0.15) is 26.2 Å². The van der Waals surface area contributed by atoms with Crippen LogP contribution in [0.25, 0.3) is 0 Å². The number of carbonyl (C=O) groups is 2. The number of amides is 1. The minimum atomic E-state index is -1.25. The molecule has 18 heavy (non-hydrogen) atoms. The van der Waals surface area contributed by atoms with Crippen molar-refractivity contribution < 1.29 is 19.1 Å². The monoisotopic (exact) mass is 272 g/mol. The molecule has 1 fully saturated rings. The maximum Gasteiger partial charge on any atom is 0.333 e. The first kappa shape index (κ1) is 13.4. The maximum absolute atomic E-state index is 11.8. The van der Waals surface area contributed by atoms with Gasteiger partial charge in [-0.05, 0) is 6.42 Å². The van der Waals surface area contributed by atoms with Gasteiger partial charge < -0.3 is 15.2 Å². The molecule has 2 atom stereocenters. The number of esters is 1. The number of nitrogens with two attached hydrogens (primary N) is 1. The van der Waals surface area contributed by atoms with Crippen molar-refractivity contribution in [3.05, 3.63) is 0 Å². The number of thioether (sulfide) groups is 1. The minimum absolute atomic E-state index is 0.129. The Labute approximate surface area is 109 Å². The standard InChI is InChI=1S/C11H16N2O4S/c1-2-3-4-16-6-7-5-11(9(15)17-7)8(14)13-10(12)18-11/h7H,2-6H2,1H3,(H2,12,13,14)/t7-,11+/m0/s1. The maximum atomic E-state index is 11.8. The summed E-state index contributed by atoms with van der Waals surface area (Å²) >= 11 is 0.987. The predicted octanol–water partition coefficient (Wildman–Crippen LogP) is 0.445. The Hall–Kier alpha value is -1.08. The average Bonchev–Trinajstić information content (AvgIpc) is 2.77. The minimum Gasteiger partial charge on any atom is -0.458 e. The highest BCUT2D eigenvalue weighted by Gasteiger charge is 2.59. The molecule has 2 N–H and O–H groups in total. The molecule has 0 saturated carbocycles. The van der Waals surface area contributed by atoms with E-state index in [4.69, 9.17) is 15.2 Å². The van der Waals surface area contributed by atoms with E-state index in [0.29, 0.717) is 13.2 Å². The summed E-state index contributed by atoms with van der Waals surface area (Å²) in [4.78, 5) is 27.1. The average molecular weight is 272 g/mol. The highest BCUT2D eigenvalue weighted by molar-refractivity contribution is 8.16. The molecule has 0 aromatic rings. The number of unbranched alkanes of at least 4 members (excludes halogenated alkanes) is 1. The third-order valence-corrected chi connectivity index (χ3v) is 4.06. The largest absolute Gasteiger partial charge is 0.458 e. The molecular weight excluding hydrogens is 256 g/mol. The van der Waals surface area contributed by atoms with Crippen molar-refractivity contribution in [1.82, 2.24) is 0 Å². The van der Waals surface area contributed by atoms with Gasteiger partial charge in [0, 0.05) is 13.0 Å². The highest BCUT2D eigenvalue weighted by atomic mass is 32.2. The third kappa shape index (κ3) is 2.37. The van der Waals surface area contributed by atoms with Gasteiger partial charge in [0.25, 0.3) is 5.91 Å². The number of rotatable bonds is 5. The smallest absolute Gasteiger partial charge is 0.333 e. The lowest BCUT2D eigenvalue weighted by Crippen LogP contribution is -2.36. The van der Waals surface area contributed by atoms with E-state index in [2.05, 4.69) is 11.9 Å². The first-order valence-electron chi connectivity index (χ1n) is 5.95. The number of cyclic esters (lactones) is 1. The summed E-state index contributed by atoms with van der Waals surface area (Å²) in [6.45, 7) is 3.03. The molecule has 0 bridgehead atoms. The summed E-state index contributed by atoms with van der Waals surface area (Å²) in [5.41, 5.74) is 5.48. The van der Waals surface area contributed by atoms with E-state index in [1.165, 1.54) is 0 Å². The number of aliphatic imine (C=N–C) groups is 1. The zero-order valence-corrected chi connectivity index (χ0v) is 11.0. The molecule has 0 unspecified atom stereocenters. The highest BCUT2D eigenvalue weighted by Crippen LogP contribution is 2.42. The molecule has 0 aromatic heterocycles. The van der Waals surface area contributed by atoms with Gasteiger partial charge in [-0.25, -0.2) is 4.79 Å². The third-order valence-electron chi connectivity index (χ3n) is 2.90. The fraction of sp³-hybridized carbons (Fsp3) is 0.727. The van der Waals surface area contributed by atoms with Crippen LogP contribution in [0.4, 0.5) is 0 Å². The van der Waals surface area contributed by atoms with Crippen LogP contribution in [-0.4, -0.2) is 41.1 Å². The van der Waals surface area contributed by atoms with Gasteiger partial charge >= 0.3 is 5.97 Å². The van der Waals surface area contributed by atoms with Gasteiger partial charge in [-0.1, -0.05) is 25.1 Å². The summed E-state index contributed by atoms with van der Waals surface area (Å²) in [6, 6.07) is 0. The van der Waals surface area contributed by atoms with E-state index >= 15 is 0 Å². The zero-order chi connectivity index (χ0) is 13.2. The quantitative estimate of drug-likeness (QED) is 0.444. The van der Waals surface area contributed by atoms with Gasteiger partial charge in [-0.3, -0.25) is 4.79 Å². The van der Waals surface area contributed by atoms with Gasteiger partial charge in [-0.2, -0.15) is 4.99 Å². The lowest BCUT2D eigenvalue weighted by Gasteiger charge is -2.12. The van der Waals surface area contributed by atoms with Crippen LogP contribution in [0.5, 0.6) is 0 Å². The molecule has 2 heterocycles. The number of nitrogens with zero attached hydrogens (tertiary/aromatic N) is 1. The number of carbonyl (C=O) groups excluding carboxylic acids is 2. The van der Waals surface area contributed by atoms with Crippen molar-refractivity contribution in [1.29, 1.82) is 0 Å². The fourth-order valence-corrected chi connectivity index (χ4v) is 2.96. The predicted molar refractivity (Wildman–Crippen MR) is 67.2 cm³/mol. The molecule has 7 heteroatoms. The molecular formula is C11H16N2O4S. The summed E-state index contributed by atoms with van der Waals surface area (Å²) < 4.78 is 9.32. The lowest BCUT2D eigenvalue weighted by molar-refractivity contribution is -0.146. The van der Waals surface area contributed by atoms with Crippen LogP contribution < -0.4 is 5.73 Å². The Morgan fingerprint density at radius 2 is 2.39 bits per heavy atom. The Morgan fingerprint density at radius 3 is 3.00 bits per heavy atom. The van der Waals surface area contributed by atoms with Crippen LogP contribution in [-0.2, 0) is 19.1 Å². The molecule has 100 valence electrons. The number of amidine groups is 1. The summed E-state index contributed by atoms with van der Waals surface area (Å²) in [5.74, 6) is -1.06. The molecule has 0 aromatic carbocycles. The molecule has 2 aliphatic rings. The molecule has 1 saturated heterocycles. The van der Waals surface area contributed by atoms with E-state index in [1.54, 1.807) is 0 Å². The number of hydrogen-bond acceptors (Lipinski definition) is 6. The second-order valence-electron chi connectivity index (χ2n) is 4.34. The van der Waals surface area contributed by atoms with E-state index in [9.17, 15) is 9.59 Å². The van der Waals surface area contributed by atoms with Crippen LogP contribution in [0.15, 0.2) is 4.99 Å². The molecule has 0 aliphatic carbocycles. The second kappa shape index (κ2) is 5.27. The second-order valence-corrected chi connectivity index (χ2v) is 5.66. The van der Waals surface area contributed by atoms with Crippen LogP contribution in [0.3, 0.4) is 0 Å². The van der Waals surface area contributed by atoms with E-state index in [-0.39, 0.29) is 17.7 Å². The number of hydrogen-bond donors (Lipinski definition) is 1. The molecule has 6 nitrogen and oxygen atoms in total. The Morgan fingerprint density at radius 1 is 1.61 bits per heavy atom.